The number of hydrogen-bond acceptors (Lipinski definition) is 4. The normalized spacial score (nSPS) is 10.8. The Kier molecular flexibility index (Phi) is 4.34. The van der Waals surface area contributed by atoms with Crippen molar-refractivity contribution in [3.05, 3.63) is 50.1 Å². The molecule has 1 aromatic carbocycles. The van der Waals surface area contributed by atoms with Gasteiger partial charge in [0.05, 0.1) is 11.8 Å². The third kappa shape index (κ3) is 3.42. The SMILES string of the molecule is Cc1ccsc1/C=N\NC(=O)c1cc(Br)ccc1O. The van der Waals surface area contributed by atoms with Crippen LogP contribution in [0, 0.1) is 6.92 Å². The van der Waals surface area contributed by atoms with Gasteiger partial charge < -0.3 is 5.11 Å². The minimum absolute atomic E-state index is 0.0804. The average Bonchev–Trinajstić information content (AvgIpc) is 2.78. The van der Waals surface area contributed by atoms with Crippen LogP contribution in [-0.4, -0.2) is 17.2 Å². The van der Waals surface area contributed by atoms with Crippen molar-refractivity contribution in [2.45, 2.75) is 6.92 Å². The first kappa shape index (κ1) is 13.8. The molecule has 0 spiro atoms. The molecule has 0 atom stereocenters. The predicted molar refractivity (Wildman–Crippen MR) is 79.9 cm³/mol. The van der Waals surface area contributed by atoms with Gasteiger partial charge in [-0.05, 0) is 42.1 Å². The molecule has 0 aliphatic carbocycles. The van der Waals surface area contributed by atoms with Crippen LogP contribution in [0.3, 0.4) is 0 Å². The Morgan fingerprint density at radius 2 is 2.26 bits per heavy atom. The van der Waals surface area contributed by atoms with Gasteiger partial charge in [-0.25, -0.2) is 5.43 Å². The van der Waals surface area contributed by atoms with Gasteiger partial charge >= 0.3 is 0 Å². The lowest BCUT2D eigenvalue weighted by Gasteiger charge is -2.03. The van der Waals surface area contributed by atoms with Crippen LogP contribution in [0.5, 0.6) is 5.75 Å². The fraction of sp³-hybridized carbons (Fsp3) is 0.0769. The number of nitrogens with zero attached hydrogens (tertiary/aromatic N) is 1. The van der Waals surface area contributed by atoms with Crippen molar-refractivity contribution >= 4 is 39.4 Å². The molecular weight excluding hydrogens is 328 g/mol. The van der Waals surface area contributed by atoms with E-state index in [4.69, 9.17) is 0 Å². The molecule has 6 heteroatoms. The van der Waals surface area contributed by atoms with Crippen LogP contribution >= 0.6 is 27.3 Å². The highest BCUT2D eigenvalue weighted by Gasteiger charge is 2.10. The molecule has 0 unspecified atom stereocenters. The van der Waals surface area contributed by atoms with Gasteiger partial charge in [-0.3, -0.25) is 4.79 Å². The number of thiophene rings is 1. The van der Waals surface area contributed by atoms with E-state index in [0.717, 1.165) is 10.4 Å². The van der Waals surface area contributed by atoms with Crippen LogP contribution in [0.15, 0.2) is 39.2 Å². The molecule has 2 N–H and O–H groups in total. The molecule has 2 rings (SSSR count). The van der Waals surface area contributed by atoms with E-state index in [-0.39, 0.29) is 11.3 Å². The van der Waals surface area contributed by atoms with E-state index in [1.807, 2.05) is 18.4 Å². The fourth-order valence-corrected chi connectivity index (χ4v) is 2.56. The summed E-state index contributed by atoms with van der Waals surface area (Å²) in [4.78, 5) is 12.8. The van der Waals surface area contributed by atoms with Gasteiger partial charge in [-0.2, -0.15) is 5.10 Å². The van der Waals surface area contributed by atoms with E-state index in [1.54, 1.807) is 23.6 Å². The highest BCUT2D eigenvalue weighted by atomic mass is 79.9. The van der Waals surface area contributed by atoms with E-state index in [1.165, 1.54) is 12.1 Å². The van der Waals surface area contributed by atoms with Gasteiger partial charge in [0.25, 0.3) is 5.91 Å². The van der Waals surface area contributed by atoms with Gasteiger partial charge in [0.2, 0.25) is 0 Å². The molecule has 2 aromatic rings. The molecule has 0 radical (unpaired) electrons. The Morgan fingerprint density at radius 3 is 2.95 bits per heavy atom. The lowest BCUT2D eigenvalue weighted by atomic mass is 10.2. The van der Waals surface area contributed by atoms with Crippen LogP contribution in [0.25, 0.3) is 0 Å². The third-order valence-electron chi connectivity index (χ3n) is 2.45. The number of carbonyl (C=O) groups is 1. The molecule has 1 amide bonds. The Labute approximate surface area is 122 Å². The van der Waals surface area contributed by atoms with Crippen molar-refractivity contribution in [1.82, 2.24) is 5.43 Å². The number of halogens is 1. The number of hydrazone groups is 1. The molecule has 0 saturated heterocycles. The monoisotopic (exact) mass is 338 g/mol. The minimum atomic E-state index is -0.454. The van der Waals surface area contributed by atoms with Gasteiger partial charge in [-0.1, -0.05) is 15.9 Å². The number of rotatable bonds is 3. The highest BCUT2D eigenvalue weighted by molar-refractivity contribution is 9.10. The summed E-state index contributed by atoms with van der Waals surface area (Å²) >= 11 is 4.79. The van der Waals surface area contributed by atoms with Gasteiger partial charge in [0, 0.05) is 9.35 Å². The molecule has 0 fully saturated rings. The lowest BCUT2D eigenvalue weighted by molar-refractivity contribution is 0.0952. The molecule has 0 bridgehead atoms. The number of benzene rings is 1. The maximum atomic E-state index is 11.8. The van der Waals surface area contributed by atoms with Crippen LogP contribution in [0.1, 0.15) is 20.8 Å². The second-order valence-corrected chi connectivity index (χ2v) is 5.69. The van der Waals surface area contributed by atoms with E-state index in [9.17, 15) is 9.90 Å². The molecule has 0 aliphatic heterocycles. The number of aryl methyl sites for hydroxylation is 1. The fourth-order valence-electron chi connectivity index (χ4n) is 1.42. The number of aromatic hydroxyl groups is 1. The molecular formula is C13H11BrN2O2S. The van der Waals surface area contributed by atoms with E-state index < -0.39 is 5.91 Å². The van der Waals surface area contributed by atoms with Crippen molar-refractivity contribution in [1.29, 1.82) is 0 Å². The quantitative estimate of drug-likeness (QED) is 0.666. The first-order chi connectivity index (χ1) is 9.08. The summed E-state index contributed by atoms with van der Waals surface area (Å²) in [7, 11) is 0. The summed E-state index contributed by atoms with van der Waals surface area (Å²) in [6.07, 6.45) is 1.59. The minimum Gasteiger partial charge on any atom is -0.507 e. The molecule has 0 saturated carbocycles. The van der Waals surface area contributed by atoms with Crippen LogP contribution < -0.4 is 5.43 Å². The molecule has 19 heavy (non-hydrogen) atoms. The zero-order valence-electron chi connectivity index (χ0n) is 10.1. The predicted octanol–water partition coefficient (Wildman–Crippen LogP) is 3.29. The smallest absolute Gasteiger partial charge is 0.275 e. The van der Waals surface area contributed by atoms with Crippen LogP contribution in [-0.2, 0) is 0 Å². The Bertz CT molecular complexity index is 637. The summed E-state index contributed by atoms with van der Waals surface area (Å²) < 4.78 is 0.716. The molecule has 0 aliphatic rings. The van der Waals surface area contributed by atoms with Crippen LogP contribution in [0.4, 0.5) is 0 Å². The van der Waals surface area contributed by atoms with E-state index >= 15 is 0 Å². The third-order valence-corrected chi connectivity index (χ3v) is 3.90. The van der Waals surface area contributed by atoms with Crippen molar-refractivity contribution < 1.29 is 9.90 Å². The number of phenols is 1. The van der Waals surface area contributed by atoms with E-state index in [0.29, 0.717) is 4.47 Å². The topological polar surface area (TPSA) is 61.7 Å². The summed E-state index contributed by atoms with van der Waals surface area (Å²) in [5.74, 6) is -0.535. The van der Waals surface area contributed by atoms with E-state index in [2.05, 4.69) is 26.5 Å². The van der Waals surface area contributed by atoms with Gasteiger partial charge in [-0.15, -0.1) is 11.3 Å². The second-order valence-electron chi connectivity index (χ2n) is 3.83. The maximum Gasteiger partial charge on any atom is 0.275 e. The lowest BCUT2D eigenvalue weighted by Crippen LogP contribution is -2.17. The van der Waals surface area contributed by atoms with Crippen molar-refractivity contribution in [2.24, 2.45) is 5.10 Å². The standard InChI is InChI=1S/C13H11BrN2O2S/c1-8-4-5-19-12(8)7-15-16-13(18)10-6-9(14)2-3-11(10)17/h2-7,17H,1H3,(H,16,18)/b15-7-. The molecule has 4 nitrogen and oxygen atoms in total. The summed E-state index contributed by atoms with van der Waals surface area (Å²) in [6, 6.07) is 6.63. The van der Waals surface area contributed by atoms with Crippen molar-refractivity contribution in [3.63, 3.8) is 0 Å². The van der Waals surface area contributed by atoms with Crippen molar-refractivity contribution in [2.75, 3.05) is 0 Å². The highest BCUT2D eigenvalue weighted by Crippen LogP contribution is 2.21. The molecule has 1 aromatic heterocycles. The van der Waals surface area contributed by atoms with Gasteiger partial charge in [0.15, 0.2) is 0 Å². The zero-order valence-corrected chi connectivity index (χ0v) is 12.5. The van der Waals surface area contributed by atoms with Crippen molar-refractivity contribution in [3.8, 4) is 5.75 Å². The number of carbonyl (C=O) groups excluding carboxylic acids is 1. The second kappa shape index (κ2) is 5.99. The summed E-state index contributed by atoms with van der Waals surface area (Å²) in [5, 5.41) is 15.4. The average molecular weight is 339 g/mol. The zero-order chi connectivity index (χ0) is 13.8. The Balaban J connectivity index is 2.08. The largest absolute Gasteiger partial charge is 0.507 e. The molecule has 98 valence electrons. The summed E-state index contributed by atoms with van der Waals surface area (Å²) in [5.41, 5.74) is 3.67. The maximum absolute atomic E-state index is 11.8. The Morgan fingerprint density at radius 1 is 1.47 bits per heavy atom. The molecule has 1 heterocycles. The number of phenolic OH excluding ortho intramolecular Hbond substituents is 1. The number of hydrogen-bond donors (Lipinski definition) is 2. The first-order valence-corrected chi connectivity index (χ1v) is 7.11. The van der Waals surface area contributed by atoms with Gasteiger partial charge in [0.1, 0.15) is 5.75 Å². The number of amides is 1. The Hall–Kier alpha value is -1.66. The van der Waals surface area contributed by atoms with Crippen LogP contribution in [0.2, 0.25) is 0 Å². The number of nitrogens with one attached hydrogen (secondary N) is 1. The summed E-state index contributed by atoms with van der Waals surface area (Å²) in [6.45, 7) is 1.97. The first-order valence-electron chi connectivity index (χ1n) is 5.44.